The predicted molar refractivity (Wildman–Crippen MR) is 190 cm³/mol. The van der Waals surface area contributed by atoms with Gasteiger partial charge in [-0.2, -0.15) is 0 Å². The highest BCUT2D eigenvalue weighted by molar-refractivity contribution is 5.95. The first-order valence-electron chi connectivity index (χ1n) is 16.7. The van der Waals surface area contributed by atoms with Crippen molar-refractivity contribution < 1.29 is 14.3 Å². The van der Waals surface area contributed by atoms with Crippen molar-refractivity contribution in [2.75, 3.05) is 33.3 Å². The monoisotopic (exact) mass is 629 g/mol. The zero-order valence-electron chi connectivity index (χ0n) is 27.9. The maximum atomic E-state index is 14.5. The van der Waals surface area contributed by atoms with Crippen LogP contribution in [0.25, 0.3) is 6.08 Å². The molecule has 0 spiro atoms. The average molecular weight is 630 g/mol. The lowest BCUT2D eigenvalue weighted by Crippen LogP contribution is -2.56. The minimum atomic E-state index is -0.651. The topological polar surface area (TPSA) is 53.1 Å². The van der Waals surface area contributed by atoms with Crippen molar-refractivity contribution in [3.63, 3.8) is 0 Å². The van der Waals surface area contributed by atoms with E-state index in [0.29, 0.717) is 32.0 Å². The van der Waals surface area contributed by atoms with Crippen LogP contribution in [0.5, 0.6) is 5.75 Å². The van der Waals surface area contributed by atoms with E-state index in [0.717, 1.165) is 48.5 Å². The van der Waals surface area contributed by atoms with E-state index >= 15 is 0 Å². The standard InChI is InChI=1S/C41H47N3O3/c1-32(2)28-35-14-16-37(17-15-35)31-44(40(45)23-20-33-18-21-38(47-3)22-19-33)39(29-34-10-6-4-7-11-34)41(46)43-26-24-42(25-27-43)30-36-12-8-5-9-13-36/h4-23,32,39H,24-31H2,1-3H3/t39-/m0/s1. The zero-order chi connectivity index (χ0) is 33.0. The second-order valence-electron chi connectivity index (χ2n) is 12.8. The molecule has 5 rings (SSSR count). The Bertz CT molecular complexity index is 1580. The average Bonchev–Trinajstić information content (AvgIpc) is 3.10. The van der Waals surface area contributed by atoms with Gasteiger partial charge in [0.2, 0.25) is 11.8 Å². The van der Waals surface area contributed by atoms with E-state index in [-0.39, 0.29) is 11.8 Å². The van der Waals surface area contributed by atoms with E-state index in [1.807, 2.05) is 71.6 Å². The molecule has 4 aromatic rings. The second-order valence-corrected chi connectivity index (χ2v) is 12.8. The molecule has 0 radical (unpaired) electrons. The summed E-state index contributed by atoms with van der Waals surface area (Å²) in [7, 11) is 1.63. The lowest BCUT2D eigenvalue weighted by molar-refractivity contribution is -0.145. The van der Waals surface area contributed by atoms with Crippen molar-refractivity contribution >= 4 is 17.9 Å². The summed E-state index contributed by atoms with van der Waals surface area (Å²) in [5.41, 5.74) is 5.46. The van der Waals surface area contributed by atoms with Gasteiger partial charge in [-0.05, 0) is 58.4 Å². The van der Waals surface area contributed by atoms with Crippen molar-refractivity contribution in [1.29, 1.82) is 0 Å². The van der Waals surface area contributed by atoms with Gasteiger partial charge >= 0.3 is 0 Å². The van der Waals surface area contributed by atoms with Gasteiger partial charge in [-0.3, -0.25) is 14.5 Å². The molecule has 1 atom stereocenters. The lowest BCUT2D eigenvalue weighted by atomic mass is 9.99. The number of carbonyl (C=O) groups is 2. The highest BCUT2D eigenvalue weighted by Gasteiger charge is 2.34. The van der Waals surface area contributed by atoms with Crippen molar-refractivity contribution in [3.8, 4) is 5.75 Å². The Morgan fingerprint density at radius 1 is 0.723 bits per heavy atom. The third-order valence-electron chi connectivity index (χ3n) is 8.70. The molecular formula is C41H47N3O3. The smallest absolute Gasteiger partial charge is 0.247 e. The summed E-state index contributed by atoms with van der Waals surface area (Å²) in [6, 6.07) is 35.9. The fraction of sp³-hybridized carbons (Fsp3) is 0.317. The van der Waals surface area contributed by atoms with Crippen LogP contribution in [0.1, 0.15) is 41.7 Å². The minimum Gasteiger partial charge on any atom is -0.497 e. The molecule has 244 valence electrons. The second kappa shape index (κ2) is 16.8. The van der Waals surface area contributed by atoms with Crippen molar-refractivity contribution in [2.24, 2.45) is 5.92 Å². The van der Waals surface area contributed by atoms with Gasteiger partial charge in [0.25, 0.3) is 0 Å². The Morgan fingerprint density at radius 2 is 1.30 bits per heavy atom. The van der Waals surface area contributed by atoms with E-state index in [4.69, 9.17) is 4.74 Å². The maximum Gasteiger partial charge on any atom is 0.247 e. The van der Waals surface area contributed by atoms with E-state index in [1.165, 1.54) is 11.1 Å². The molecular weight excluding hydrogens is 582 g/mol. The first-order chi connectivity index (χ1) is 22.9. The van der Waals surface area contributed by atoms with Gasteiger partial charge in [-0.25, -0.2) is 0 Å². The zero-order valence-corrected chi connectivity index (χ0v) is 27.9. The Labute approximate surface area is 280 Å². The molecule has 2 amide bonds. The summed E-state index contributed by atoms with van der Waals surface area (Å²) in [6.45, 7) is 8.47. The van der Waals surface area contributed by atoms with Crippen LogP contribution in [0.4, 0.5) is 0 Å². The fourth-order valence-corrected chi connectivity index (χ4v) is 6.12. The molecule has 6 heteroatoms. The summed E-state index contributed by atoms with van der Waals surface area (Å²) >= 11 is 0. The van der Waals surface area contributed by atoms with E-state index in [1.54, 1.807) is 18.1 Å². The Hall–Kier alpha value is -4.68. The highest BCUT2D eigenvalue weighted by atomic mass is 16.5. The Balaban J connectivity index is 1.41. The molecule has 1 saturated heterocycles. The quantitative estimate of drug-likeness (QED) is 0.151. The number of rotatable bonds is 13. The number of methoxy groups -OCH3 is 1. The number of ether oxygens (including phenoxy) is 1. The number of piperazine rings is 1. The van der Waals surface area contributed by atoms with Crippen molar-refractivity contribution in [1.82, 2.24) is 14.7 Å². The number of nitrogens with zero attached hydrogens (tertiary/aromatic N) is 3. The molecule has 0 saturated carbocycles. The van der Waals surface area contributed by atoms with Crippen LogP contribution in [0.3, 0.4) is 0 Å². The summed E-state index contributed by atoms with van der Waals surface area (Å²) in [4.78, 5) is 34.8. The molecule has 0 N–H and O–H groups in total. The first-order valence-corrected chi connectivity index (χ1v) is 16.7. The summed E-state index contributed by atoms with van der Waals surface area (Å²) < 4.78 is 5.29. The van der Waals surface area contributed by atoms with Crippen molar-refractivity contribution in [2.45, 2.75) is 45.8 Å². The first kappa shape index (κ1) is 33.7. The van der Waals surface area contributed by atoms with E-state index in [2.05, 4.69) is 67.3 Å². The number of hydrogen-bond donors (Lipinski definition) is 0. The number of amides is 2. The normalized spacial score (nSPS) is 14.3. The van der Waals surface area contributed by atoms with Gasteiger partial charge in [-0.1, -0.05) is 111 Å². The lowest BCUT2D eigenvalue weighted by Gasteiger charge is -2.39. The Morgan fingerprint density at radius 3 is 1.89 bits per heavy atom. The van der Waals surface area contributed by atoms with E-state index < -0.39 is 6.04 Å². The maximum absolute atomic E-state index is 14.5. The summed E-state index contributed by atoms with van der Waals surface area (Å²) in [6.07, 6.45) is 4.85. The van der Waals surface area contributed by atoms with Crippen LogP contribution < -0.4 is 4.74 Å². The fourth-order valence-electron chi connectivity index (χ4n) is 6.12. The van der Waals surface area contributed by atoms with Crippen LogP contribution in [0.2, 0.25) is 0 Å². The van der Waals surface area contributed by atoms with Crippen LogP contribution in [0.15, 0.2) is 115 Å². The van der Waals surface area contributed by atoms with Gasteiger partial charge in [0, 0.05) is 51.8 Å². The van der Waals surface area contributed by atoms with Gasteiger partial charge in [0.1, 0.15) is 11.8 Å². The van der Waals surface area contributed by atoms with Crippen LogP contribution in [-0.2, 0) is 35.5 Å². The predicted octanol–water partition coefficient (Wildman–Crippen LogP) is 6.89. The van der Waals surface area contributed by atoms with E-state index in [9.17, 15) is 9.59 Å². The van der Waals surface area contributed by atoms with Crippen molar-refractivity contribution in [3.05, 3.63) is 143 Å². The van der Waals surface area contributed by atoms with Gasteiger partial charge in [-0.15, -0.1) is 0 Å². The molecule has 0 unspecified atom stereocenters. The molecule has 6 nitrogen and oxygen atoms in total. The molecule has 1 heterocycles. The number of hydrogen-bond acceptors (Lipinski definition) is 4. The van der Waals surface area contributed by atoms with Crippen LogP contribution in [-0.4, -0.2) is 65.8 Å². The SMILES string of the molecule is COc1ccc(C=CC(=O)N(Cc2ccc(CC(C)C)cc2)[C@@H](Cc2ccccc2)C(=O)N2CCN(Cc3ccccc3)CC2)cc1. The largest absolute Gasteiger partial charge is 0.497 e. The summed E-state index contributed by atoms with van der Waals surface area (Å²) in [5, 5.41) is 0. The summed E-state index contributed by atoms with van der Waals surface area (Å²) in [5.74, 6) is 1.12. The third kappa shape index (κ3) is 9.90. The molecule has 0 aliphatic carbocycles. The highest BCUT2D eigenvalue weighted by Crippen LogP contribution is 2.21. The molecule has 47 heavy (non-hydrogen) atoms. The molecule has 0 bridgehead atoms. The third-order valence-corrected chi connectivity index (χ3v) is 8.70. The number of carbonyl (C=O) groups excluding carboxylic acids is 2. The van der Waals surface area contributed by atoms with Gasteiger partial charge in [0.05, 0.1) is 7.11 Å². The Kier molecular flexibility index (Phi) is 12.0. The molecule has 0 aromatic heterocycles. The molecule has 4 aromatic carbocycles. The molecule has 1 fully saturated rings. The minimum absolute atomic E-state index is 0.00385. The van der Waals surface area contributed by atoms with Crippen LogP contribution >= 0.6 is 0 Å². The molecule has 1 aliphatic rings. The van der Waals surface area contributed by atoms with Gasteiger partial charge in [0.15, 0.2) is 0 Å². The number of benzene rings is 4. The van der Waals surface area contributed by atoms with Gasteiger partial charge < -0.3 is 14.5 Å². The van der Waals surface area contributed by atoms with Crippen LogP contribution in [0, 0.1) is 5.92 Å². The molecule has 1 aliphatic heterocycles.